The third-order valence-electron chi connectivity index (χ3n) is 2.22. The van der Waals surface area contributed by atoms with Gasteiger partial charge in [-0.2, -0.15) is 0 Å². The van der Waals surface area contributed by atoms with Crippen LogP contribution >= 0.6 is 0 Å². The van der Waals surface area contributed by atoms with Gasteiger partial charge in [0.2, 0.25) is 0 Å². The number of epoxide rings is 1. The first kappa shape index (κ1) is 16.4. The molecule has 0 N–H and O–H groups in total. The number of hydrogen-bond acceptors (Lipinski definition) is 1. The lowest BCUT2D eigenvalue weighted by Crippen LogP contribution is -1.74. The molecule has 0 aromatic carbocycles. The lowest BCUT2D eigenvalue weighted by Gasteiger charge is -1.79. The van der Waals surface area contributed by atoms with Crippen LogP contribution in [-0.4, -0.2) is 12.2 Å². The summed E-state index contributed by atoms with van der Waals surface area (Å²) in [6, 6.07) is 0. The van der Waals surface area contributed by atoms with Crippen molar-refractivity contribution >= 4 is 0 Å². The molecule has 1 rings (SSSR count). The summed E-state index contributed by atoms with van der Waals surface area (Å²) in [5.74, 6) is 0. The van der Waals surface area contributed by atoms with Crippen LogP contribution in [0.25, 0.3) is 0 Å². The summed E-state index contributed by atoms with van der Waals surface area (Å²) in [6.45, 7) is 12.9. The SMILES string of the molecule is CC1OC1C.CCCC.CCCCC. The Hall–Kier alpha value is -0.0400. The van der Waals surface area contributed by atoms with Crippen LogP contribution in [0.3, 0.4) is 0 Å². The van der Waals surface area contributed by atoms with Crippen LogP contribution in [0.1, 0.15) is 73.6 Å². The Morgan fingerprint density at radius 3 is 1.00 bits per heavy atom. The standard InChI is InChI=1S/C5H12.C4H8O.C4H10/c1-3-5-4-2;1-3-4(2)5-3;1-3-4-2/h3-5H2,1-2H3;3-4H,1-2H3;3-4H2,1-2H3. The fourth-order valence-corrected chi connectivity index (χ4v) is 0.647. The van der Waals surface area contributed by atoms with Crippen molar-refractivity contribution in [3.05, 3.63) is 0 Å². The molecule has 2 unspecified atom stereocenters. The van der Waals surface area contributed by atoms with Gasteiger partial charge in [-0.25, -0.2) is 0 Å². The molecule has 88 valence electrons. The second kappa shape index (κ2) is 13.0. The van der Waals surface area contributed by atoms with Crippen LogP contribution < -0.4 is 0 Å². The van der Waals surface area contributed by atoms with Crippen LogP contribution in [0.4, 0.5) is 0 Å². The Balaban J connectivity index is 0. The third-order valence-corrected chi connectivity index (χ3v) is 2.22. The predicted molar refractivity (Wildman–Crippen MR) is 65.8 cm³/mol. The van der Waals surface area contributed by atoms with Gasteiger partial charge in [-0.1, -0.05) is 59.8 Å². The van der Waals surface area contributed by atoms with E-state index < -0.39 is 0 Å². The molecule has 1 heteroatoms. The van der Waals surface area contributed by atoms with Gasteiger partial charge in [-0.15, -0.1) is 0 Å². The molecule has 0 aromatic heterocycles. The summed E-state index contributed by atoms with van der Waals surface area (Å²) < 4.78 is 4.92. The number of unbranched alkanes of at least 4 members (excludes halogenated alkanes) is 3. The van der Waals surface area contributed by atoms with Gasteiger partial charge in [0.1, 0.15) is 0 Å². The van der Waals surface area contributed by atoms with Crippen LogP contribution in [0.5, 0.6) is 0 Å². The van der Waals surface area contributed by atoms with E-state index in [-0.39, 0.29) is 0 Å². The number of rotatable bonds is 3. The van der Waals surface area contributed by atoms with Crippen molar-refractivity contribution in [1.82, 2.24) is 0 Å². The summed E-state index contributed by atoms with van der Waals surface area (Å²) >= 11 is 0. The molecule has 1 aliphatic rings. The van der Waals surface area contributed by atoms with Crippen molar-refractivity contribution < 1.29 is 4.74 Å². The molecule has 2 atom stereocenters. The summed E-state index contributed by atoms with van der Waals surface area (Å²) in [7, 11) is 0. The highest BCUT2D eigenvalue weighted by Gasteiger charge is 2.27. The van der Waals surface area contributed by atoms with Gasteiger partial charge in [-0.3, -0.25) is 0 Å². The van der Waals surface area contributed by atoms with Crippen molar-refractivity contribution in [3.8, 4) is 0 Å². The molecule has 1 nitrogen and oxygen atoms in total. The van der Waals surface area contributed by atoms with E-state index >= 15 is 0 Å². The van der Waals surface area contributed by atoms with Gasteiger partial charge < -0.3 is 4.74 Å². The zero-order valence-corrected chi connectivity index (χ0v) is 11.1. The second-order valence-electron chi connectivity index (χ2n) is 3.90. The van der Waals surface area contributed by atoms with Gasteiger partial charge in [-0.05, 0) is 13.8 Å². The van der Waals surface area contributed by atoms with E-state index in [2.05, 4.69) is 41.5 Å². The van der Waals surface area contributed by atoms with Crippen molar-refractivity contribution in [3.63, 3.8) is 0 Å². The maximum absolute atomic E-state index is 4.92. The lowest BCUT2D eigenvalue weighted by molar-refractivity contribution is 0.389. The first-order valence-corrected chi connectivity index (χ1v) is 6.29. The van der Waals surface area contributed by atoms with Crippen LogP contribution in [0.2, 0.25) is 0 Å². The third kappa shape index (κ3) is 17.9. The fourth-order valence-electron chi connectivity index (χ4n) is 0.647. The Morgan fingerprint density at radius 1 is 0.714 bits per heavy atom. The average molecular weight is 202 g/mol. The molecule has 1 saturated heterocycles. The lowest BCUT2D eigenvalue weighted by atomic mass is 10.3. The maximum atomic E-state index is 4.92. The van der Waals surface area contributed by atoms with E-state index in [1.807, 2.05) is 0 Å². The van der Waals surface area contributed by atoms with E-state index in [1.165, 1.54) is 32.1 Å². The molecule has 14 heavy (non-hydrogen) atoms. The van der Waals surface area contributed by atoms with Crippen LogP contribution in [0, 0.1) is 0 Å². The average Bonchev–Trinajstić information content (AvgIpc) is 2.83. The van der Waals surface area contributed by atoms with E-state index in [0.717, 1.165) is 0 Å². The van der Waals surface area contributed by atoms with E-state index in [9.17, 15) is 0 Å². The minimum atomic E-state index is 0.551. The summed E-state index contributed by atoms with van der Waals surface area (Å²) in [6.07, 6.45) is 7.82. The van der Waals surface area contributed by atoms with E-state index in [4.69, 9.17) is 4.74 Å². The van der Waals surface area contributed by atoms with Gasteiger partial charge in [0.05, 0.1) is 12.2 Å². The topological polar surface area (TPSA) is 12.5 Å². The summed E-state index contributed by atoms with van der Waals surface area (Å²) in [4.78, 5) is 0. The molecule has 0 aromatic rings. The van der Waals surface area contributed by atoms with Crippen LogP contribution in [-0.2, 0) is 4.74 Å². The molecule has 1 aliphatic heterocycles. The van der Waals surface area contributed by atoms with Gasteiger partial charge in [0.25, 0.3) is 0 Å². The Kier molecular flexibility index (Phi) is 15.2. The fraction of sp³-hybridized carbons (Fsp3) is 1.00. The van der Waals surface area contributed by atoms with Crippen LogP contribution in [0.15, 0.2) is 0 Å². The Bertz CT molecular complexity index is 81.2. The number of hydrogen-bond donors (Lipinski definition) is 0. The minimum Gasteiger partial charge on any atom is -0.370 e. The minimum absolute atomic E-state index is 0.551. The predicted octanol–water partition coefficient (Wildman–Crippen LogP) is 4.80. The Morgan fingerprint density at radius 2 is 1.00 bits per heavy atom. The normalized spacial score (nSPS) is 22.7. The molecule has 0 saturated carbocycles. The maximum Gasteiger partial charge on any atom is 0.0811 e. The van der Waals surface area contributed by atoms with Crippen molar-refractivity contribution in [1.29, 1.82) is 0 Å². The zero-order chi connectivity index (χ0) is 11.4. The van der Waals surface area contributed by atoms with Gasteiger partial charge >= 0.3 is 0 Å². The van der Waals surface area contributed by atoms with E-state index in [0.29, 0.717) is 12.2 Å². The largest absolute Gasteiger partial charge is 0.370 e. The molecular formula is C13H30O. The number of ether oxygens (including phenoxy) is 1. The highest BCUT2D eigenvalue weighted by molar-refractivity contribution is 4.73. The molecule has 0 radical (unpaired) electrons. The van der Waals surface area contributed by atoms with Crippen molar-refractivity contribution in [2.75, 3.05) is 0 Å². The molecule has 1 heterocycles. The molecular weight excluding hydrogens is 172 g/mol. The van der Waals surface area contributed by atoms with Gasteiger partial charge in [0.15, 0.2) is 0 Å². The first-order chi connectivity index (χ1) is 6.63. The zero-order valence-electron chi connectivity index (χ0n) is 11.1. The highest BCUT2D eigenvalue weighted by Crippen LogP contribution is 2.18. The summed E-state index contributed by atoms with van der Waals surface area (Å²) in [5.41, 5.74) is 0. The molecule has 1 fully saturated rings. The van der Waals surface area contributed by atoms with Crippen molar-refractivity contribution in [2.24, 2.45) is 0 Å². The van der Waals surface area contributed by atoms with E-state index in [1.54, 1.807) is 0 Å². The Labute approximate surface area is 91.2 Å². The molecule has 0 aliphatic carbocycles. The first-order valence-electron chi connectivity index (χ1n) is 6.29. The van der Waals surface area contributed by atoms with Crippen molar-refractivity contribution in [2.45, 2.75) is 85.9 Å². The molecule has 0 spiro atoms. The molecule has 0 amide bonds. The monoisotopic (exact) mass is 202 g/mol. The quantitative estimate of drug-likeness (QED) is 0.599. The van der Waals surface area contributed by atoms with Gasteiger partial charge in [0, 0.05) is 0 Å². The highest BCUT2D eigenvalue weighted by atomic mass is 16.6. The smallest absolute Gasteiger partial charge is 0.0811 e. The summed E-state index contributed by atoms with van der Waals surface area (Å²) in [5, 5.41) is 0. The second-order valence-corrected chi connectivity index (χ2v) is 3.90. The molecule has 0 bridgehead atoms.